The van der Waals surface area contributed by atoms with Crippen LogP contribution >= 0.6 is 0 Å². The number of allylic oxidation sites excluding steroid dienone is 3. The van der Waals surface area contributed by atoms with Gasteiger partial charge in [-0.15, -0.1) is 13.2 Å². The second kappa shape index (κ2) is 9.58. The second-order valence-electron chi connectivity index (χ2n) is 6.09. The van der Waals surface area contributed by atoms with Gasteiger partial charge in [0, 0.05) is 13.1 Å². The number of ketones is 1. The van der Waals surface area contributed by atoms with Crippen LogP contribution in [0.25, 0.3) is 6.08 Å². The summed E-state index contributed by atoms with van der Waals surface area (Å²) in [5.74, 6) is -0.750. The maximum atomic E-state index is 12.7. The summed E-state index contributed by atoms with van der Waals surface area (Å²) in [6.45, 7) is 8.22. The minimum absolute atomic E-state index is 0.0490. The predicted molar refractivity (Wildman–Crippen MR) is 103 cm³/mol. The van der Waals surface area contributed by atoms with E-state index in [1.807, 2.05) is 48.6 Å². The Morgan fingerprint density at radius 3 is 2.48 bits per heavy atom. The molecule has 1 aliphatic rings. The first kappa shape index (κ1) is 18.7. The van der Waals surface area contributed by atoms with Gasteiger partial charge < -0.3 is 4.90 Å². The molecular weight excluding hydrogens is 310 g/mol. The van der Waals surface area contributed by atoms with E-state index >= 15 is 0 Å². The molecule has 1 aromatic carbocycles. The number of carbonyl (C=O) groups is 2. The molecule has 0 bridgehead atoms. The fourth-order valence-corrected chi connectivity index (χ4v) is 3.00. The molecule has 0 saturated heterocycles. The Morgan fingerprint density at radius 1 is 1.16 bits per heavy atom. The van der Waals surface area contributed by atoms with Crippen molar-refractivity contribution in [3.63, 3.8) is 0 Å². The fraction of sp³-hybridized carbons (Fsp3) is 0.273. The number of benzene rings is 1. The minimum Gasteiger partial charge on any atom is -0.335 e. The second-order valence-corrected chi connectivity index (χ2v) is 6.09. The molecule has 3 nitrogen and oxygen atoms in total. The summed E-state index contributed by atoms with van der Waals surface area (Å²) in [4.78, 5) is 27.0. The average molecular weight is 335 g/mol. The lowest BCUT2D eigenvalue weighted by Gasteiger charge is -2.28. The normalized spacial score (nSPS) is 19.1. The van der Waals surface area contributed by atoms with E-state index in [0.717, 1.165) is 24.0 Å². The highest BCUT2D eigenvalue weighted by atomic mass is 16.2. The van der Waals surface area contributed by atoms with E-state index in [4.69, 9.17) is 0 Å². The van der Waals surface area contributed by atoms with Crippen LogP contribution in [-0.4, -0.2) is 29.7 Å². The van der Waals surface area contributed by atoms with Crippen LogP contribution in [0.3, 0.4) is 0 Å². The molecule has 0 heterocycles. The van der Waals surface area contributed by atoms with Crippen LogP contribution < -0.4 is 0 Å². The van der Waals surface area contributed by atoms with Gasteiger partial charge in [0.2, 0.25) is 5.91 Å². The topological polar surface area (TPSA) is 37.4 Å². The summed E-state index contributed by atoms with van der Waals surface area (Å²) in [5.41, 5.74) is 1.81. The molecule has 25 heavy (non-hydrogen) atoms. The lowest BCUT2D eigenvalue weighted by molar-refractivity contribution is -0.140. The van der Waals surface area contributed by atoms with Gasteiger partial charge in [-0.2, -0.15) is 0 Å². The first-order chi connectivity index (χ1) is 12.2. The molecule has 1 atom stereocenters. The number of Topliss-reactive ketones (excluding diaryl/α,β-unsaturated/α-hetero) is 1. The van der Waals surface area contributed by atoms with E-state index in [9.17, 15) is 9.59 Å². The number of hydrogen-bond acceptors (Lipinski definition) is 2. The van der Waals surface area contributed by atoms with Crippen molar-refractivity contribution in [1.82, 2.24) is 4.90 Å². The molecule has 0 aromatic heterocycles. The number of nitrogens with zero attached hydrogens (tertiary/aromatic N) is 1. The summed E-state index contributed by atoms with van der Waals surface area (Å²) in [6.07, 6.45) is 11.2. The Kier molecular flexibility index (Phi) is 7.15. The van der Waals surface area contributed by atoms with E-state index in [0.29, 0.717) is 19.5 Å². The third-order valence-electron chi connectivity index (χ3n) is 4.27. The first-order valence-electron chi connectivity index (χ1n) is 8.64. The highest BCUT2D eigenvalue weighted by molar-refractivity contribution is 6.10. The molecule has 0 radical (unpaired) electrons. The standard InChI is InChI=1S/C22H25NO2/c1-3-16-23(17-4-2)22(25)20-15-9-14-19(21(20)24)13-8-12-18-10-6-5-7-11-18/h3-8,10-13,20H,1-2,9,14-17H2/b12-8+,19-13+. The lowest BCUT2D eigenvalue weighted by Crippen LogP contribution is -2.41. The van der Waals surface area contributed by atoms with E-state index in [1.54, 1.807) is 17.1 Å². The molecule has 1 aliphatic carbocycles. The highest BCUT2D eigenvalue weighted by Crippen LogP contribution is 2.27. The van der Waals surface area contributed by atoms with Crippen LogP contribution in [0.15, 0.2) is 73.4 Å². The van der Waals surface area contributed by atoms with Gasteiger partial charge >= 0.3 is 0 Å². The third kappa shape index (κ3) is 5.15. The predicted octanol–water partition coefficient (Wildman–Crippen LogP) is 4.20. The van der Waals surface area contributed by atoms with Crippen LogP contribution in [0.2, 0.25) is 0 Å². The summed E-state index contributed by atoms with van der Waals surface area (Å²) < 4.78 is 0. The van der Waals surface area contributed by atoms with Gasteiger partial charge in [-0.3, -0.25) is 9.59 Å². The van der Waals surface area contributed by atoms with Crippen LogP contribution in [0.4, 0.5) is 0 Å². The Bertz CT molecular complexity index is 675. The summed E-state index contributed by atoms with van der Waals surface area (Å²) in [5, 5.41) is 0. The van der Waals surface area contributed by atoms with Gasteiger partial charge in [0.15, 0.2) is 5.78 Å². The number of amides is 1. The van der Waals surface area contributed by atoms with Crippen molar-refractivity contribution < 1.29 is 9.59 Å². The molecule has 0 aliphatic heterocycles. The number of rotatable bonds is 7. The third-order valence-corrected chi connectivity index (χ3v) is 4.27. The minimum atomic E-state index is -0.579. The van der Waals surface area contributed by atoms with Crippen molar-refractivity contribution in [3.05, 3.63) is 78.9 Å². The van der Waals surface area contributed by atoms with Gasteiger partial charge in [0.1, 0.15) is 5.92 Å². The van der Waals surface area contributed by atoms with E-state index in [-0.39, 0.29) is 11.7 Å². The molecule has 130 valence electrons. The summed E-state index contributed by atoms with van der Waals surface area (Å²) in [6, 6.07) is 9.93. The molecule has 0 spiro atoms. The largest absolute Gasteiger partial charge is 0.335 e. The molecule has 3 heteroatoms. The Morgan fingerprint density at radius 2 is 1.84 bits per heavy atom. The molecular formula is C22H25NO2. The maximum Gasteiger partial charge on any atom is 0.234 e. The maximum absolute atomic E-state index is 12.7. The smallest absolute Gasteiger partial charge is 0.234 e. The van der Waals surface area contributed by atoms with Crippen LogP contribution in [0.1, 0.15) is 24.8 Å². The molecule has 1 saturated carbocycles. The molecule has 1 fully saturated rings. The Balaban J connectivity index is 2.10. The molecule has 2 rings (SSSR count). The molecule has 1 aromatic rings. The van der Waals surface area contributed by atoms with Crippen molar-refractivity contribution in [3.8, 4) is 0 Å². The Labute approximate surface area is 150 Å². The van der Waals surface area contributed by atoms with Crippen LogP contribution in [0, 0.1) is 5.92 Å². The number of carbonyl (C=O) groups excluding carboxylic acids is 2. The van der Waals surface area contributed by atoms with E-state index < -0.39 is 5.92 Å². The molecule has 1 amide bonds. The Hall–Kier alpha value is -2.68. The molecule has 1 unspecified atom stereocenters. The zero-order chi connectivity index (χ0) is 18.1. The quantitative estimate of drug-likeness (QED) is 0.425. The zero-order valence-corrected chi connectivity index (χ0v) is 14.6. The summed E-state index contributed by atoms with van der Waals surface area (Å²) in [7, 11) is 0. The molecule has 0 N–H and O–H groups in total. The van der Waals surface area contributed by atoms with Crippen molar-refractivity contribution in [2.75, 3.05) is 13.1 Å². The number of hydrogen-bond donors (Lipinski definition) is 0. The fourth-order valence-electron chi connectivity index (χ4n) is 3.00. The van der Waals surface area contributed by atoms with Gasteiger partial charge in [0.05, 0.1) is 0 Å². The zero-order valence-electron chi connectivity index (χ0n) is 14.6. The first-order valence-corrected chi connectivity index (χ1v) is 8.64. The van der Waals surface area contributed by atoms with Crippen LogP contribution in [-0.2, 0) is 9.59 Å². The van der Waals surface area contributed by atoms with Crippen molar-refractivity contribution in [2.45, 2.75) is 19.3 Å². The van der Waals surface area contributed by atoms with Crippen molar-refractivity contribution in [1.29, 1.82) is 0 Å². The average Bonchev–Trinajstić information content (AvgIpc) is 2.63. The van der Waals surface area contributed by atoms with Gasteiger partial charge in [-0.25, -0.2) is 0 Å². The van der Waals surface area contributed by atoms with E-state index in [2.05, 4.69) is 13.2 Å². The van der Waals surface area contributed by atoms with Crippen LogP contribution in [0.5, 0.6) is 0 Å². The van der Waals surface area contributed by atoms with Gasteiger partial charge in [-0.1, -0.05) is 60.7 Å². The monoisotopic (exact) mass is 335 g/mol. The van der Waals surface area contributed by atoms with Gasteiger partial charge in [-0.05, 0) is 30.4 Å². The highest BCUT2D eigenvalue weighted by Gasteiger charge is 2.34. The lowest BCUT2D eigenvalue weighted by atomic mass is 9.83. The SMILES string of the molecule is C=CCN(CC=C)C(=O)C1CCC/C(=C\C=C\c2ccccc2)C1=O. The van der Waals surface area contributed by atoms with Crippen molar-refractivity contribution in [2.24, 2.45) is 5.92 Å². The van der Waals surface area contributed by atoms with E-state index in [1.165, 1.54) is 0 Å². The van der Waals surface area contributed by atoms with Gasteiger partial charge in [0.25, 0.3) is 0 Å². The van der Waals surface area contributed by atoms with Crippen molar-refractivity contribution >= 4 is 17.8 Å². The summed E-state index contributed by atoms with van der Waals surface area (Å²) >= 11 is 0.